The Morgan fingerprint density at radius 3 is 3.15 bits per heavy atom. The van der Waals surface area contributed by atoms with Crippen LogP contribution in [0.3, 0.4) is 0 Å². The van der Waals surface area contributed by atoms with Crippen LogP contribution >= 0.6 is 0 Å². The highest BCUT2D eigenvalue weighted by Crippen LogP contribution is 2.22. The van der Waals surface area contributed by atoms with Crippen LogP contribution < -0.4 is 5.32 Å². The molecule has 2 N–H and O–H groups in total. The van der Waals surface area contributed by atoms with Crippen molar-refractivity contribution in [2.24, 2.45) is 0 Å². The van der Waals surface area contributed by atoms with Gasteiger partial charge in [0.25, 0.3) is 0 Å². The fourth-order valence-electron chi connectivity index (χ4n) is 1.62. The summed E-state index contributed by atoms with van der Waals surface area (Å²) in [5, 5.41) is 12.1. The van der Waals surface area contributed by atoms with Gasteiger partial charge in [-0.2, -0.15) is 0 Å². The van der Waals surface area contributed by atoms with Gasteiger partial charge in [-0.05, 0) is 19.4 Å². The van der Waals surface area contributed by atoms with Crippen LogP contribution in [-0.4, -0.2) is 16.6 Å². The number of aliphatic hydroxyl groups excluding tert-OH is 1. The summed E-state index contributed by atoms with van der Waals surface area (Å²) in [5.41, 5.74) is 0. The first-order valence-electron chi connectivity index (χ1n) is 4.69. The topological polar surface area (TPSA) is 58.3 Å². The largest absolute Gasteiger partial charge is 0.442 e. The number of nitrogens with one attached hydrogen (secondary N) is 1. The van der Waals surface area contributed by atoms with Crippen LogP contribution in [0, 0.1) is 0 Å². The quantitative estimate of drug-likeness (QED) is 0.715. The zero-order valence-corrected chi connectivity index (χ0v) is 7.49. The second-order valence-electron chi connectivity index (χ2n) is 3.33. The Bertz CT molecular complexity index is 266. The van der Waals surface area contributed by atoms with Crippen molar-refractivity contribution in [2.45, 2.75) is 31.9 Å². The van der Waals surface area contributed by atoms with Gasteiger partial charge >= 0.3 is 0 Å². The Labute approximate surface area is 77.0 Å². The van der Waals surface area contributed by atoms with Crippen molar-refractivity contribution in [1.29, 1.82) is 0 Å². The number of piperidine rings is 1. The van der Waals surface area contributed by atoms with Crippen LogP contribution in [0.2, 0.25) is 0 Å². The van der Waals surface area contributed by atoms with Crippen molar-refractivity contribution in [2.75, 3.05) is 6.54 Å². The maximum Gasteiger partial charge on any atom is 0.211 e. The van der Waals surface area contributed by atoms with Crippen LogP contribution in [0.25, 0.3) is 0 Å². The van der Waals surface area contributed by atoms with Crippen molar-refractivity contribution < 1.29 is 9.52 Å². The van der Waals surface area contributed by atoms with E-state index >= 15 is 0 Å². The van der Waals surface area contributed by atoms with Gasteiger partial charge in [-0.15, -0.1) is 0 Å². The second-order valence-corrected chi connectivity index (χ2v) is 3.33. The fraction of sp³-hybridized carbons (Fsp3) is 0.667. The predicted octanol–water partition coefficient (Wildman–Crippen LogP) is 0.982. The van der Waals surface area contributed by atoms with E-state index in [1.165, 1.54) is 12.8 Å². The monoisotopic (exact) mass is 182 g/mol. The van der Waals surface area contributed by atoms with E-state index in [1.54, 1.807) is 6.20 Å². The third-order valence-electron chi connectivity index (χ3n) is 2.34. The predicted molar refractivity (Wildman–Crippen MR) is 47.0 cm³/mol. The molecule has 2 rings (SSSR count). The van der Waals surface area contributed by atoms with Crippen LogP contribution in [0.15, 0.2) is 10.6 Å². The van der Waals surface area contributed by atoms with Gasteiger partial charge in [0.1, 0.15) is 12.4 Å². The first-order chi connectivity index (χ1) is 6.40. The molecule has 0 radical (unpaired) electrons. The molecule has 0 amide bonds. The van der Waals surface area contributed by atoms with E-state index in [1.807, 2.05) is 0 Å². The minimum absolute atomic E-state index is 0.0697. The Balaban J connectivity index is 2.05. The van der Waals surface area contributed by atoms with E-state index in [0.717, 1.165) is 13.0 Å². The average Bonchev–Trinajstić information content (AvgIpc) is 2.67. The lowest BCUT2D eigenvalue weighted by Crippen LogP contribution is -2.26. The average molecular weight is 182 g/mol. The Morgan fingerprint density at radius 2 is 2.54 bits per heavy atom. The molecule has 1 aromatic rings. The molecule has 1 aliphatic rings. The third-order valence-corrected chi connectivity index (χ3v) is 2.34. The van der Waals surface area contributed by atoms with Gasteiger partial charge in [0.2, 0.25) is 5.89 Å². The third kappa shape index (κ3) is 1.89. The molecule has 4 nitrogen and oxygen atoms in total. The highest BCUT2D eigenvalue weighted by atomic mass is 16.4. The molecule has 72 valence electrons. The number of nitrogens with zero attached hydrogens (tertiary/aromatic N) is 1. The van der Waals surface area contributed by atoms with Gasteiger partial charge in [0, 0.05) is 0 Å². The molecule has 1 fully saturated rings. The van der Waals surface area contributed by atoms with Crippen LogP contribution in [0.1, 0.15) is 37.0 Å². The molecule has 0 aromatic carbocycles. The smallest absolute Gasteiger partial charge is 0.211 e. The van der Waals surface area contributed by atoms with Gasteiger partial charge in [0.15, 0.2) is 0 Å². The summed E-state index contributed by atoms with van der Waals surface area (Å²) in [6.07, 6.45) is 5.11. The molecule has 0 bridgehead atoms. The number of aromatic nitrogens is 1. The summed E-state index contributed by atoms with van der Waals surface area (Å²) in [7, 11) is 0. The minimum atomic E-state index is -0.0697. The highest BCUT2D eigenvalue weighted by Gasteiger charge is 2.19. The molecule has 2 heterocycles. The van der Waals surface area contributed by atoms with Crippen LogP contribution in [-0.2, 0) is 6.61 Å². The van der Waals surface area contributed by atoms with E-state index in [-0.39, 0.29) is 12.6 Å². The summed E-state index contributed by atoms with van der Waals surface area (Å²) >= 11 is 0. The molecule has 1 saturated heterocycles. The zero-order valence-electron chi connectivity index (χ0n) is 7.49. The summed E-state index contributed by atoms with van der Waals surface area (Å²) in [4.78, 5) is 4.12. The molecule has 0 aliphatic carbocycles. The summed E-state index contributed by atoms with van der Waals surface area (Å²) in [6.45, 7) is 0.960. The summed E-state index contributed by atoms with van der Waals surface area (Å²) < 4.78 is 5.35. The molecule has 0 spiro atoms. The van der Waals surface area contributed by atoms with Gasteiger partial charge < -0.3 is 14.8 Å². The number of hydrogen-bond donors (Lipinski definition) is 2. The van der Waals surface area contributed by atoms with E-state index in [2.05, 4.69) is 10.3 Å². The minimum Gasteiger partial charge on any atom is -0.442 e. The van der Waals surface area contributed by atoms with Crippen molar-refractivity contribution in [3.05, 3.63) is 17.8 Å². The van der Waals surface area contributed by atoms with Crippen LogP contribution in [0.4, 0.5) is 0 Å². The van der Waals surface area contributed by atoms with Gasteiger partial charge in [-0.1, -0.05) is 6.42 Å². The van der Waals surface area contributed by atoms with Crippen LogP contribution in [0.5, 0.6) is 0 Å². The Morgan fingerprint density at radius 1 is 1.62 bits per heavy atom. The molecule has 1 aromatic heterocycles. The Kier molecular flexibility index (Phi) is 2.61. The fourth-order valence-corrected chi connectivity index (χ4v) is 1.62. The number of oxazole rings is 1. The molecule has 0 saturated carbocycles. The molecular weight excluding hydrogens is 168 g/mol. The maximum absolute atomic E-state index is 8.80. The lowest BCUT2D eigenvalue weighted by molar-refractivity contribution is 0.235. The number of rotatable bonds is 2. The molecule has 1 unspecified atom stereocenters. The molecule has 1 aliphatic heterocycles. The highest BCUT2D eigenvalue weighted by molar-refractivity contribution is 4.98. The van der Waals surface area contributed by atoms with E-state index in [4.69, 9.17) is 9.52 Å². The van der Waals surface area contributed by atoms with E-state index in [9.17, 15) is 0 Å². The molecule has 1 atom stereocenters. The molecule has 4 heteroatoms. The van der Waals surface area contributed by atoms with E-state index < -0.39 is 0 Å². The molecule has 13 heavy (non-hydrogen) atoms. The number of aliphatic hydroxyl groups is 1. The van der Waals surface area contributed by atoms with Gasteiger partial charge in [-0.25, -0.2) is 4.98 Å². The van der Waals surface area contributed by atoms with Crippen molar-refractivity contribution in [3.63, 3.8) is 0 Å². The van der Waals surface area contributed by atoms with Crippen molar-refractivity contribution in [1.82, 2.24) is 10.3 Å². The lowest BCUT2D eigenvalue weighted by atomic mass is 10.1. The number of hydrogen-bond acceptors (Lipinski definition) is 4. The van der Waals surface area contributed by atoms with Crippen molar-refractivity contribution in [3.8, 4) is 0 Å². The van der Waals surface area contributed by atoms with Gasteiger partial charge in [-0.3, -0.25) is 0 Å². The maximum atomic E-state index is 8.80. The van der Waals surface area contributed by atoms with Crippen molar-refractivity contribution >= 4 is 0 Å². The van der Waals surface area contributed by atoms with Gasteiger partial charge in [0.05, 0.1) is 12.2 Å². The zero-order chi connectivity index (χ0) is 9.10. The van der Waals surface area contributed by atoms with E-state index in [0.29, 0.717) is 11.7 Å². The second kappa shape index (κ2) is 3.89. The normalized spacial score (nSPS) is 23.3. The molecular formula is C9H14N2O2. The first kappa shape index (κ1) is 8.72. The first-order valence-corrected chi connectivity index (χ1v) is 4.69. The summed E-state index contributed by atoms with van der Waals surface area (Å²) in [6, 6.07) is 0.244. The standard InChI is InChI=1S/C9H14N2O2/c12-6-7-5-11-9(13-7)8-3-1-2-4-10-8/h5,8,10,12H,1-4,6H2. The SMILES string of the molecule is OCc1cnc(C2CCCCN2)o1. The summed E-state index contributed by atoms with van der Waals surface area (Å²) in [5.74, 6) is 1.26. The Hall–Kier alpha value is -0.870. The lowest BCUT2D eigenvalue weighted by Gasteiger charge is -2.20.